The largest absolute Gasteiger partial charge is 0.358 e. The van der Waals surface area contributed by atoms with E-state index < -0.39 is 0 Å². The number of aromatic amines is 1. The smallest absolute Gasteiger partial charge is 0.226 e. The number of aromatic nitrogens is 1. The zero-order valence-electron chi connectivity index (χ0n) is 14.1. The number of amides is 1. The van der Waals surface area contributed by atoms with Crippen molar-refractivity contribution in [3.05, 3.63) is 34.5 Å². The molecule has 2 aliphatic rings. The van der Waals surface area contributed by atoms with Gasteiger partial charge in [0.15, 0.2) is 0 Å². The summed E-state index contributed by atoms with van der Waals surface area (Å²) in [5.41, 5.74) is 3.71. The second kappa shape index (κ2) is 6.41. The molecule has 1 unspecified atom stereocenters. The first kappa shape index (κ1) is 16.0. The number of nitrogens with one attached hydrogen (secondary N) is 1. The lowest BCUT2D eigenvalue weighted by molar-refractivity contribution is -0.137. The van der Waals surface area contributed by atoms with Crippen molar-refractivity contribution in [2.45, 2.75) is 26.2 Å². The Labute approximate surface area is 147 Å². The van der Waals surface area contributed by atoms with Gasteiger partial charge in [0.25, 0.3) is 0 Å². The van der Waals surface area contributed by atoms with Crippen LogP contribution in [0.2, 0.25) is 5.02 Å². The molecule has 1 aliphatic carbocycles. The number of piperazine rings is 1. The summed E-state index contributed by atoms with van der Waals surface area (Å²) < 4.78 is 0. The number of benzene rings is 1. The predicted octanol–water partition coefficient (Wildman–Crippen LogP) is 3.09. The van der Waals surface area contributed by atoms with Crippen LogP contribution in [0, 0.1) is 5.92 Å². The summed E-state index contributed by atoms with van der Waals surface area (Å²) in [5.74, 6) is 0.455. The average molecular weight is 346 g/mol. The van der Waals surface area contributed by atoms with Gasteiger partial charge in [-0.25, -0.2) is 0 Å². The number of H-pyrrole nitrogens is 1. The molecule has 1 N–H and O–H groups in total. The fraction of sp³-hybridized carbons (Fsp3) is 0.526. The molecule has 1 amide bonds. The number of nitrogens with zero attached hydrogens (tertiary/aromatic N) is 2. The predicted molar refractivity (Wildman–Crippen MR) is 97.5 cm³/mol. The van der Waals surface area contributed by atoms with Gasteiger partial charge in [0, 0.05) is 53.7 Å². The molecule has 2 heterocycles. The van der Waals surface area contributed by atoms with E-state index in [2.05, 4.69) is 21.7 Å². The molecule has 4 nitrogen and oxygen atoms in total. The number of halogens is 1. The van der Waals surface area contributed by atoms with Crippen molar-refractivity contribution in [1.29, 1.82) is 0 Å². The Balaban J connectivity index is 1.52. The maximum atomic E-state index is 13.0. The minimum Gasteiger partial charge on any atom is -0.358 e. The Kier molecular flexibility index (Phi) is 4.27. The van der Waals surface area contributed by atoms with Crippen molar-refractivity contribution < 1.29 is 4.79 Å². The third-order valence-electron chi connectivity index (χ3n) is 5.63. The molecule has 2 aromatic rings. The van der Waals surface area contributed by atoms with Crippen LogP contribution >= 0.6 is 11.6 Å². The van der Waals surface area contributed by atoms with E-state index in [1.165, 1.54) is 16.6 Å². The fourth-order valence-electron chi connectivity index (χ4n) is 4.14. The minimum absolute atomic E-state index is 0.114. The highest BCUT2D eigenvalue weighted by molar-refractivity contribution is 6.31. The standard InChI is InChI=1S/C19H24ClN3O/c1-2-22-7-9-23(10-8-22)19(24)13-3-5-17-15(11-13)16-12-14(20)4-6-18(16)21-17/h4,6,12-13,21H,2-3,5,7-11H2,1H3. The zero-order chi connectivity index (χ0) is 16.7. The molecule has 4 rings (SSSR count). The first-order valence-electron chi connectivity index (χ1n) is 8.96. The van der Waals surface area contributed by atoms with Gasteiger partial charge in [0.2, 0.25) is 5.91 Å². The van der Waals surface area contributed by atoms with E-state index in [9.17, 15) is 4.79 Å². The summed E-state index contributed by atoms with van der Waals surface area (Å²) in [4.78, 5) is 20.9. The number of likely N-dealkylation sites (N-methyl/N-ethyl adjacent to an activating group) is 1. The summed E-state index contributed by atoms with van der Waals surface area (Å²) >= 11 is 6.17. The molecular weight excluding hydrogens is 322 g/mol. The number of hydrogen-bond acceptors (Lipinski definition) is 2. The van der Waals surface area contributed by atoms with Crippen molar-refractivity contribution in [3.63, 3.8) is 0 Å². The molecular formula is C19H24ClN3O. The monoisotopic (exact) mass is 345 g/mol. The molecule has 1 fully saturated rings. The topological polar surface area (TPSA) is 39.3 Å². The normalized spacial score (nSPS) is 21.9. The van der Waals surface area contributed by atoms with Crippen LogP contribution in [-0.2, 0) is 17.6 Å². The summed E-state index contributed by atoms with van der Waals surface area (Å²) in [6, 6.07) is 5.98. The highest BCUT2D eigenvalue weighted by Crippen LogP contribution is 2.34. The van der Waals surface area contributed by atoms with Crippen LogP contribution in [0.15, 0.2) is 18.2 Å². The molecule has 24 heavy (non-hydrogen) atoms. The SMILES string of the molecule is CCN1CCN(C(=O)C2CCc3[nH]c4ccc(Cl)cc4c3C2)CC1. The van der Waals surface area contributed by atoms with Gasteiger partial charge in [-0.05, 0) is 49.6 Å². The van der Waals surface area contributed by atoms with E-state index in [4.69, 9.17) is 11.6 Å². The molecule has 0 bridgehead atoms. The fourth-order valence-corrected chi connectivity index (χ4v) is 4.31. The molecule has 1 atom stereocenters. The second-order valence-corrected chi connectivity index (χ2v) is 7.41. The maximum Gasteiger partial charge on any atom is 0.226 e. The number of carbonyl (C=O) groups excluding carboxylic acids is 1. The molecule has 0 saturated carbocycles. The molecule has 0 radical (unpaired) electrons. The molecule has 1 aromatic carbocycles. The van der Waals surface area contributed by atoms with Gasteiger partial charge in [0.1, 0.15) is 0 Å². The van der Waals surface area contributed by atoms with Crippen molar-refractivity contribution in [2.75, 3.05) is 32.7 Å². The van der Waals surface area contributed by atoms with Crippen LogP contribution in [-0.4, -0.2) is 53.4 Å². The minimum atomic E-state index is 0.114. The Morgan fingerprint density at radius 1 is 1.29 bits per heavy atom. The number of hydrogen-bond donors (Lipinski definition) is 1. The summed E-state index contributed by atoms with van der Waals surface area (Å²) in [6.45, 7) is 7.00. The molecule has 128 valence electrons. The second-order valence-electron chi connectivity index (χ2n) is 6.97. The third-order valence-corrected chi connectivity index (χ3v) is 5.87. The van der Waals surface area contributed by atoms with Gasteiger partial charge in [-0.2, -0.15) is 0 Å². The van der Waals surface area contributed by atoms with Gasteiger partial charge in [-0.3, -0.25) is 4.79 Å². The van der Waals surface area contributed by atoms with Gasteiger partial charge in [-0.15, -0.1) is 0 Å². The maximum absolute atomic E-state index is 13.0. The lowest BCUT2D eigenvalue weighted by Gasteiger charge is -2.36. The van der Waals surface area contributed by atoms with E-state index in [0.717, 1.165) is 62.5 Å². The van der Waals surface area contributed by atoms with Gasteiger partial charge in [-0.1, -0.05) is 18.5 Å². The van der Waals surface area contributed by atoms with E-state index in [0.29, 0.717) is 5.91 Å². The lowest BCUT2D eigenvalue weighted by Crippen LogP contribution is -2.50. The van der Waals surface area contributed by atoms with Crippen molar-refractivity contribution in [1.82, 2.24) is 14.8 Å². The molecule has 1 aromatic heterocycles. The highest BCUT2D eigenvalue weighted by Gasteiger charge is 2.31. The molecule has 5 heteroatoms. The summed E-state index contributed by atoms with van der Waals surface area (Å²) in [6.07, 6.45) is 2.73. The van der Waals surface area contributed by atoms with Crippen LogP contribution in [0.1, 0.15) is 24.6 Å². The van der Waals surface area contributed by atoms with Gasteiger partial charge in [0.05, 0.1) is 0 Å². The number of fused-ring (bicyclic) bond motifs is 3. The van der Waals surface area contributed by atoms with Crippen molar-refractivity contribution in [3.8, 4) is 0 Å². The Hall–Kier alpha value is -1.52. The van der Waals surface area contributed by atoms with E-state index in [-0.39, 0.29) is 5.92 Å². The van der Waals surface area contributed by atoms with Crippen molar-refractivity contribution >= 4 is 28.4 Å². The van der Waals surface area contributed by atoms with Crippen LogP contribution in [0.3, 0.4) is 0 Å². The first-order chi connectivity index (χ1) is 11.7. The van der Waals surface area contributed by atoms with Gasteiger partial charge < -0.3 is 14.8 Å². The highest BCUT2D eigenvalue weighted by atomic mass is 35.5. The Morgan fingerprint density at radius 3 is 2.83 bits per heavy atom. The third kappa shape index (κ3) is 2.82. The number of rotatable bonds is 2. The van der Waals surface area contributed by atoms with Crippen LogP contribution in [0.25, 0.3) is 10.9 Å². The molecule has 1 aliphatic heterocycles. The molecule has 1 saturated heterocycles. The number of aryl methyl sites for hydroxylation is 1. The van der Waals surface area contributed by atoms with Gasteiger partial charge >= 0.3 is 0 Å². The van der Waals surface area contributed by atoms with Crippen LogP contribution in [0.5, 0.6) is 0 Å². The van der Waals surface area contributed by atoms with E-state index in [1.54, 1.807) is 0 Å². The Morgan fingerprint density at radius 2 is 2.08 bits per heavy atom. The van der Waals surface area contributed by atoms with E-state index in [1.807, 2.05) is 18.2 Å². The summed E-state index contributed by atoms with van der Waals surface area (Å²) in [5, 5.41) is 1.94. The quantitative estimate of drug-likeness (QED) is 0.908. The lowest BCUT2D eigenvalue weighted by atomic mass is 9.85. The zero-order valence-corrected chi connectivity index (χ0v) is 14.9. The first-order valence-corrected chi connectivity index (χ1v) is 9.33. The number of carbonyl (C=O) groups is 1. The average Bonchev–Trinajstić information content (AvgIpc) is 2.98. The van der Waals surface area contributed by atoms with Crippen LogP contribution in [0.4, 0.5) is 0 Å². The van der Waals surface area contributed by atoms with Crippen molar-refractivity contribution in [2.24, 2.45) is 5.92 Å². The van der Waals surface area contributed by atoms with Crippen LogP contribution < -0.4 is 0 Å². The Bertz CT molecular complexity index is 761. The summed E-state index contributed by atoms with van der Waals surface area (Å²) in [7, 11) is 0. The van der Waals surface area contributed by atoms with E-state index >= 15 is 0 Å². The molecule has 0 spiro atoms.